The second kappa shape index (κ2) is 9.35. The Kier molecular flexibility index (Phi) is 7.46. The van der Waals surface area contributed by atoms with Gasteiger partial charge in [-0.25, -0.2) is 0 Å². The number of alkyl halides is 1. The molecule has 1 aliphatic heterocycles. The van der Waals surface area contributed by atoms with Gasteiger partial charge < -0.3 is 15.0 Å². The van der Waals surface area contributed by atoms with Crippen molar-refractivity contribution in [3.05, 3.63) is 28.2 Å². The molecule has 0 aromatic heterocycles. The van der Waals surface area contributed by atoms with E-state index in [2.05, 4.69) is 5.32 Å². The highest BCUT2D eigenvalue weighted by atomic mass is 35.5. The summed E-state index contributed by atoms with van der Waals surface area (Å²) in [5.41, 5.74) is 0. The Morgan fingerprint density at radius 3 is 2.58 bits per heavy atom. The zero-order valence-electron chi connectivity index (χ0n) is 13.1. The van der Waals surface area contributed by atoms with E-state index in [0.717, 1.165) is 12.8 Å². The van der Waals surface area contributed by atoms with Gasteiger partial charge in [0.15, 0.2) is 6.61 Å². The predicted octanol–water partition coefficient (Wildman–Crippen LogP) is 3.11. The first kappa shape index (κ1) is 19.2. The lowest BCUT2D eigenvalue weighted by molar-refractivity contribution is -0.134. The molecule has 1 aromatic rings. The average Bonchev–Trinajstić information content (AvgIpc) is 2.54. The Bertz CT molecular complexity index is 590. The summed E-state index contributed by atoms with van der Waals surface area (Å²) in [6.07, 6.45) is 1.76. The lowest BCUT2D eigenvalue weighted by Crippen LogP contribution is -2.47. The molecule has 0 saturated carbocycles. The molecule has 132 valence electrons. The van der Waals surface area contributed by atoms with Gasteiger partial charge >= 0.3 is 0 Å². The molecular formula is C16H19Cl3N2O3. The summed E-state index contributed by atoms with van der Waals surface area (Å²) < 4.78 is 5.46. The minimum absolute atomic E-state index is 0.0458. The summed E-state index contributed by atoms with van der Waals surface area (Å²) >= 11 is 17.4. The van der Waals surface area contributed by atoms with E-state index < -0.39 is 0 Å². The molecule has 0 radical (unpaired) electrons. The maximum absolute atomic E-state index is 12.2. The highest BCUT2D eigenvalue weighted by Gasteiger charge is 2.24. The van der Waals surface area contributed by atoms with E-state index in [9.17, 15) is 9.59 Å². The van der Waals surface area contributed by atoms with Crippen molar-refractivity contribution in [3.63, 3.8) is 0 Å². The van der Waals surface area contributed by atoms with Crippen molar-refractivity contribution < 1.29 is 14.3 Å². The van der Waals surface area contributed by atoms with Crippen LogP contribution in [0.15, 0.2) is 18.2 Å². The van der Waals surface area contributed by atoms with Crippen molar-refractivity contribution in [2.75, 3.05) is 25.6 Å². The van der Waals surface area contributed by atoms with Crippen LogP contribution in [-0.2, 0) is 9.59 Å². The number of nitrogens with one attached hydrogen (secondary N) is 1. The summed E-state index contributed by atoms with van der Waals surface area (Å²) in [5, 5.41) is 3.81. The van der Waals surface area contributed by atoms with Crippen molar-refractivity contribution >= 4 is 46.6 Å². The lowest BCUT2D eigenvalue weighted by atomic mass is 10.0. The third-order valence-corrected chi connectivity index (χ3v) is 4.50. The van der Waals surface area contributed by atoms with Crippen LogP contribution < -0.4 is 10.1 Å². The minimum Gasteiger partial charge on any atom is -0.482 e. The smallest absolute Gasteiger partial charge is 0.260 e. The number of nitrogens with zero attached hydrogens (tertiary/aromatic N) is 1. The van der Waals surface area contributed by atoms with Crippen molar-refractivity contribution in [1.29, 1.82) is 0 Å². The van der Waals surface area contributed by atoms with Crippen LogP contribution in [0.3, 0.4) is 0 Å². The van der Waals surface area contributed by atoms with Gasteiger partial charge in [0.1, 0.15) is 5.75 Å². The Morgan fingerprint density at radius 1 is 1.25 bits per heavy atom. The molecule has 24 heavy (non-hydrogen) atoms. The molecule has 1 heterocycles. The van der Waals surface area contributed by atoms with Gasteiger partial charge in [0.05, 0.1) is 5.02 Å². The van der Waals surface area contributed by atoms with Crippen LogP contribution in [-0.4, -0.2) is 48.3 Å². The standard InChI is InChI=1S/C16H19Cl3N2O3/c17-6-3-15(22)20-12-4-7-21(8-5-12)16(23)10-24-14-2-1-11(18)9-13(14)19/h1-2,9,12H,3-8,10H2,(H,20,22). The molecule has 1 saturated heterocycles. The Morgan fingerprint density at radius 2 is 1.96 bits per heavy atom. The number of hydrogen-bond donors (Lipinski definition) is 1. The van der Waals surface area contributed by atoms with E-state index in [1.54, 1.807) is 23.1 Å². The van der Waals surface area contributed by atoms with Gasteiger partial charge in [0, 0.05) is 36.5 Å². The predicted molar refractivity (Wildman–Crippen MR) is 95.0 cm³/mol. The highest BCUT2D eigenvalue weighted by Crippen LogP contribution is 2.27. The van der Waals surface area contributed by atoms with Crippen LogP contribution in [0.4, 0.5) is 0 Å². The summed E-state index contributed by atoms with van der Waals surface area (Å²) in [6.45, 7) is 1.09. The fourth-order valence-electron chi connectivity index (χ4n) is 2.48. The van der Waals surface area contributed by atoms with Crippen LogP contribution in [0.5, 0.6) is 5.75 Å². The Labute approximate surface area is 156 Å². The molecule has 1 N–H and O–H groups in total. The summed E-state index contributed by atoms with van der Waals surface area (Å²) in [5.74, 6) is 0.591. The van der Waals surface area contributed by atoms with Gasteiger partial charge in [-0.05, 0) is 31.0 Å². The van der Waals surface area contributed by atoms with Crippen molar-refractivity contribution in [1.82, 2.24) is 10.2 Å². The number of carbonyl (C=O) groups is 2. The number of halogens is 3. The minimum atomic E-state index is -0.105. The number of carbonyl (C=O) groups excluding carboxylic acids is 2. The normalized spacial score (nSPS) is 15.2. The molecular weight excluding hydrogens is 375 g/mol. The van der Waals surface area contributed by atoms with E-state index in [4.69, 9.17) is 39.5 Å². The average molecular weight is 394 g/mol. The second-order valence-electron chi connectivity index (χ2n) is 5.52. The Hall–Kier alpha value is -1.17. The number of likely N-dealkylation sites (tertiary alicyclic amines) is 1. The summed E-state index contributed by atoms with van der Waals surface area (Å²) in [6, 6.07) is 4.95. The van der Waals surface area contributed by atoms with E-state index in [0.29, 0.717) is 41.2 Å². The zero-order chi connectivity index (χ0) is 17.5. The number of amides is 2. The molecule has 5 nitrogen and oxygen atoms in total. The largest absolute Gasteiger partial charge is 0.482 e. The van der Waals surface area contributed by atoms with Crippen LogP contribution in [0.2, 0.25) is 10.0 Å². The van der Waals surface area contributed by atoms with Crippen LogP contribution in [0, 0.1) is 0 Å². The van der Waals surface area contributed by atoms with Crippen molar-refractivity contribution in [3.8, 4) is 5.75 Å². The third kappa shape index (κ3) is 5.72. The van der Waals surface area contributed by atoms with E-state index in [1.165, 1.54) is 0 Å². The molecule has 0 atom stereocenters. The highest BCUT2D eigenvalue weighted by molar-refractivity contribution is 6.35. The molecule has 1 aliphatic rings. The SMILES string of the molecule is O=C(CCCl)NC1CCN(C(=O)COc2ccc(Cl)cc2Cl)CC1. The van der Waals surface area contributed by atoms with Gasteiger partial charge in [-0.3, -0.25) is 9.59 Å². The van der Waals surface area contributed by atoms with Gasteiger partial charge in [0.2, 0.25) is 5.91 Å². The first-order chi connectivity index (χ1) is 11.5. The first-order valence-corrected chi connectivity index (χ1v) is 8.99. The topological polar surface area (TPSA) is 58.6 Å². The number of piperidine rings is 1. The van der Waals surface area contributed by atoms with Crippen molar-refractivity contribution in [2.45, 2.75) is 25.3 Å². The summed E-state index contributed by atoms with van der Waals surface area (Å²) in [4.78, 5) is 25.5. The van der Waals surface area contributed by atoms with Crippen LogP contribution in [0.1, 0.15) is 19.3 Å². The number of hydrogen-bond acceptors (Lipinski definition) is 3. The van der Waals surface area contributed by atoms with Gasteiger partial charge in [-0.15, -0.1) is 11.6 Å². The van der Waals surface area contributed by atoms with E-state index in [-0.39, 0.29) is 24.5 Å². The number of benzene rings is 1. The number of ether oxygens (including phenoxy) is 1. The molecule has 1 fully saturated rings. The Balaban J connectivity index is 1.75. The summed E-state index contributed by atoms with van der Waals surface area (Å²) in [7, 11) is 0. The van der Waals surface area contributed by atoms with Crippen molar-refractivity contribution in [2.24, 2.45) is 0 Å². The second-order valence-corrected chi connectivity index (χ2v) is 6.75. The third-order valence-electron chi connectivity index (χ3n) is 3.78. The first-order valence-electron chi connectivity index (χ1n) is 7.70. The fraction of sp³-hybridized carbons (Fsp3) is 0.500. The maximum Gasteiger partial charge on any atom is 0.260 e. The molecule has 0 spiro atoms. The van der Waals surface area contributed by atoms with E-state index in [1.807, 2.05) is 0 Å². The van der Waals surface area contributed by atoms with Gasteiger partial charge in [-0.1, -0.05) is 23.2 Å². The zero-order valence-corrected chi connectivity index (χ0v) is 15.3. The van der Waals surface area contributed by atoms with Crippen LogP contribution in [0.25, 0.3) is 0 Å². The lowest BCUT2D eigenvalue weighted by Gasteiger charge is -2.32. The van der Waals surface area contributed by atoms with Crippen LogP contribution >= 0.6 is 34.8 Å². The fourth-order valence-corrected chi connectivity index (χ4v) is 3.12. The molecule has 2 amide bonds. The molecule has 8 heteroatoms. The maximum atomic E-state index is 12.2. The van der Waals surface area contributed by atoms with Gasteiger partial charge in [-0.2, -0.15) is 0 Å². The monoisotopic (exact) mass is 392 g/mol. The van der Waals surface area contributed by atoms with Gasteiger partial charge in [0.25, 0.3) is 5.91 Å². The molecule has 1 aromatic carbocycles. The quantitative estimate of drug-likeness (QED) is 0.756. The van der Waals surface area contributed by atoms with E-state index >= 15 is 0 Å². The molecule has 0 bridgehead atoms. The molecule has 2 rings (SSSR count). The molecule has 0 aliphatic carbocycles. The molecule has 0 unspecified atom stereocenters. The number of rotatable bonds is 6.